The molecule has 3 heterocycles. The number of nitrogens with zero attached hydrogens (tertiary/aromatic N) is 2. The van der Waals surface area contributed by atoms with E-state index in [9.17, 15) is 4.39 Å². The molecule has 0 spiro atoms. The number of anilines is 1. The molecule has 1 N–H and O–H groups in total. The van der Waals surface area contributed by atoms with Crippen molar-refractivity contribution in [1.29, 1.82) is 0 Å². The average Bonchev–Trinajstić information content (AvgIpc) is 3.45. The Labute approximate surface area is 203 Å². The van der Waals surface area contributed by atoms with Gasteiger partial charge in [-0.05, 0) is 98.9 Å². The molecule has 1 aliphatic heterocycles. The summed E-state index contributed by atoms with van der Waals surface area (Å²) in [6.45, 7) is 3.99. The van der Waals surface area contributed by atoms with Crippen molar-refractivity contribution in [3.05, 3.63) is 102 Å². The molecular formula is C27H24FN3O2S. The first kappa shape index (κ1) is 22.1. The molecular weight excluding hydrogens is 449 g/mol. The average molecular weight is 474 g/mol. The lowest BCUT2D eigenvalue weighted by Gasteiger charge is -2.26. The monoisotopic (exact) mass is 473 g/mol. The number of rotatable bonds is 6. The Morgan fingerprint density at radius 1 is 1.00 bits per heavy atom. The lowest BCUT2D eigenvalue weighted by Crippen LogP contribution is -2.29. The Morgan fingerprint density at radius 3 is 2.44 bits per heavy atom. The van der Waals surface area contributed by atoms with E-state index in [0.717, 1.165) is 28.5 Å². The van der Waals surface area contributed by atoms with Crippen LogP contribution >= 0.6 is 12.2 Å². The van der Waals surface area contributed by atoms with Crippen molar-refractivity contribution in [3.63, 3.8) is 0 Å². The van der Waals surface area contributed by atoms with Crippen LogP contribution in [0.15, 0.2) is 89.5 Å². The molecule has 2 aromatic carbocycles. The summed E-state index contributed by atoms with van der Waals surface area (Å²) in [6, 6.07) is 23.3. The highest BCUT2D eigenvalue weighted by Gasteiger charge is 2.42. The molecule has 0 amide bonds. The van der Waals surface area contributed by atoms with Crippen LogP contribution in [0.2, 0.25) is 0 Å². The maximum atomic E-state index is 13.4. The first-order valence-corrected chi connectivity index (χ1v) is 11.5. The molecule has 2 aromatic heterocycles. The Bertz CT molecular complexity index is 1270. The molecule has 7 heteroatoms. The number of ether oxygens (including phenoxy) is 1. The lowest BCUT2D eigenvalue weighted by molar-refractivity contribution is 0.242. The molecule has 0 bridgehead atoms. The Kier molecular flexibility index (Phi) is 6.02. The number of hydrogen-bond acceptors (Lipinski definition) is 4. The van der Waals surface area contributed by atoms with Crippen LogP contribution in [0, 0.1) is 5.82 Å². The molecule has 0 radical (unpaired) electrons. The number of furan rings is 1. The molecule has 1 saturated heterocycles. The van der Waals surface area contributed by atoms with Gasteiger partial charge in [-0.25, -0.2) is 4.39 Å². The van der Waals surface area contributed by atoms with Crippen LogP contribution in [-0.4, -0.2) is 16.2 Å². The van der Waals surface area contributed by atoms with E-state index in [1.807, 2.05) is 73.3 Å². The predicted molar refractivity (Wildman–Crippen MR) is 134 cm³/mol. The molecule has 0 aliphatic carbocycles. The molecule has 4 aromatic rings. The van der Waals surface area contributed by atoms with Gasteiger partial charge in [0.25, 0.3) is 0 Å². The van der Waals surface area contributed by atoms with Crippen molar-refractivity contribution in [1.82, 2.24) is 10.3 Å². The van der Waals surface area contributed by atoms with Crippen LogP contribution in [0.25, 0.3) is 11.3 Å². The predicted octanol–water partition coefficient (Wildman–Crippen LogP) is 6.45. The molecule has 0 saturated carbocycles. The van der Waals surface area contributed by atoms with Crippen LogP contribution in [0.3, 0.4) is 0 Å². The minimum absolute atomic E-state index is 0.0923. The number of nitrogens with one attached hydrogen (secondary N) is 1. The van der Waals surface area contributed by atoms with Crippen LogP contribution < -0.4 is 15.0 Å². The zero-order valence-electron chi connectivity index (χ0n) is 18.8. The molecule has 2 atom stereocenters. The highest BCUT2D eigenvalue weighted by molar-refractivity contribution is 7.80. The summed E-state index contributed by atoms with van der Waals surface area (Å²) in [5.41, 5.74) is 2.57. The van der Waals surface area contributed by atoms with Crippen LogP contribution in [0.4, 0.5) is 10.1 Å². The number of hydrogen-bond donors (Lipinski definition) is 1. The van der Waals surface area contributed by atoms with Crippen molar-refractivity contribution in [2.75, 3.05) is 4.90 Å². The van der Waals surface area contributed by atoms with Crippen molar-refractivity contribution in [2.45, 2.75) is 32.0 Å². The van der Waals surface area contributed by atoms with Gasteiger partial charge in [0.1, 0.15) is 29.1 Å². The highest BCUT2D eigenvalue weighted by Crippen LogP contribution is 2.43. The molecule has 172 valence electrons. The number of pyridine rings is 1. The smallest absolute Gasteiger partial charge is 0.174 e. The summed E-state index contributed by atoms with van der Waals surface area (Å²) in [6.07, 6.45) is 1.86. The van der Waals surface area contributed by atoms with E-state index in [0.29, 0.717) is 10.9 Å². The number of halogens is 1. The van der Waals surface area contributed by atoms with E-state index in [4.69, 9.17) is 21.4 Å². The fourth-order valence-corrected chi connectivity index (χ4v) is 4.51. The van der Waals surface area contributed by atoms with Crippen molar-refractivity contribution in [3.8, 4) is 17.1 Å². The van der Waals surface area contributed by atoms with Gasteiger partial charge in [-0.1, -0.05) is 6.07 Å². The molecule has 34 heavy (non-hydrogen) atoms. The topological polar surface area (TPSA) is 50.5 Å². The molecule has 2 unspecified atom stereocenters. The van der Waals surface area contributed by atoms with Gasteiger partial charge in [-0.15, -0.1) is 0 Å². The standard InChI is InChI=1S/C27H24FN3O2S/c1-17(2)32-21-12-10-20(11-13-21)31-26(25(30-27(31)34)22-5-3-4-16-29-22)24-15-14-23(33-24)18-6-8-19(28)9-7-18/h3-17,25-26H,1-2H3,(H,30,34). The second kappa shape index (κ2) is 9.27. The maximum Gasteiger partial charge on any atom is 0.174 e. The Balaban J connectivity index is 1.54. The lowest BCUT2D eigenvalue weighted by atomic mass is 10.0. The van der Waals surface area contributed by atoms with Crippen LogP contribution in [-0.2, 0) is 0 Å². The quantitative estimate of drug-likeness (QED) is 0.325. The Morgan fingerprint density at radius 2 is 1.76 bits per heavy atom. The number of thiocarbonyl (C=S) groups is 1. The minimum Gasteiger partial charge on any atom is -0.491 e. The number of aromatic nitrogens is 1. The minimum atomic E-state index is -0.285. The van der Waals surface area contributed by atoms with Gasteiger partial charge < -0.3 is 19.4 Å². The van der Waals surface area contributed by atoms with Crippen LogP contribution in [0.1, 0.15) is 37.4 Å². The zero-order chi connectivity index (χ0) is 23.7. The molecule has 5 rings (SSSR count). The van der Waals surface area contributed by atoms with E-state index in [1.165, 1.54) is 12.1 Å². The normalized spacial score (nSPS) is 17.8. The molecule has 1 aliphatic rings. The third kappa shape index (κ3) is 4.39. The molecule has 1 fully saturated rings. The van der Waals surface area contributed by atoms with E-state index in [1.54, 1.807) is 18.3 Å². The van der Waals surface area contributed by atoms with E-state index < -0.39 is 0 Å². The Hall–Kier alpha value is -3.71. The summed E-state index contributed by atoms with van der Waals surface area (Å²) >= 11 is 5.77. The highest BCUT2D eigenvalue weighted by atomic mass is 32.1. The summed E-state index contributed by atoms with van der Waals surface area (Å²) in [4.78, 5) is 6.61. The van der Waals surface area contributed by atoms with Gasteiger partial charge in [-0.2, -0.15) is 0 Å². The number of benzene rings is 2. The fraction of sp³-hybridized carbons (Fsp3) is 0.185. The third-order valence-corrected chi connectivity index (χ3v) is 5.95. The fourth-order valence-electron chi connectivity index (χ4n) is 4.16. The first-order chi connectivity index (χ1) is 16.5. The third-order valence-electron chi connectivity index (χ3n) is 5.63. The van der Waals surface area contributed by atoms with Gasteiger partial charge in [-0.3, -0.25) is 4.98 Å². The summed E-state index contributed by atoms with van der Waals surface area (Å²) in [5, 5.41) is 4.01. The van der Waals surface area contributed by atoms with Crippen molar-refractivity contribution >= 4 is 23.0 Å². The van der Waals surface area contributed by atoms with E-state index >= 15 is 0 Å². The largest absolute Gasteiger partial charge is 0.491 e. The van der Waals surface area contributed by atoms with Gasteiger partial charge in [0.15, 0.2) is 5.11 Å². The second-order valence-corrected chi connectivity index (χ2v) is 8.75. The summed E-state index contributed by atoms with van der Waals surface area (Å²) in [5.74, 6) is 1.90. The second-order valence-electron chi connectivity index (χ2n) is 8.37. The maximum absolute atomic E-state index is 13.4. The SMILES string of the molecule is CC(C)Oc1ccc(N2C(=S)NC(c3ccccn3)C2c2ccc(-c3ccc(F)cc3)o2)cc1. The van der Waals surface area contributed by atoms with Crippen molar-refractivity contribution in [2.24, 2.45) is 0 Å². The summed E-state index contributed by atoms with van der Waals surface area (Å²) in [7, 11) is 0. The first-order valence-electron chi connectivity index (χ1n) is 11.1. The van der Waals surface area contributed by atoms with Gasteiger partial charge >= 0.3 is 0 Å². The summed E-state index contributed by atoms with van der Waals surface area (Å²) < 4.78 is 25.5. The van der Waals surface area contributed by atoms with E-state index in [2.05, 4.69) is 10.3 Å². The van der Waals surface area contributed by atoms with Crippen LogP contribution in [0.5, 0.6) is 5.75 Å². The van der Waals surface area contributed by atoms with Gasteiger partial charge in [0.2, 0.25) is 0 Å². The zero-order valence-corrected chi connectivity index (χ0v) is 19.6. The van der Waals surface area contributed by atoms with Gasteiger partial charge in [0, 0.05) is 17.4 Å². The van der Waals surface area contributed by atoms with E-state index in [-0.39, 0.29) is 24.0 Å². The van der Waals surface area contributed by atoms with Crippen molar-refractivity contribution < 1.29 is 13.5 Å². The van der Waals surface area contributed by atoms with Gasteiger partial charge in [0.05, 0.1) is 17.8 Å². The molecule has 5 nitrogen and oxygen atoms in total.